The zero-order valence-electron chi connectivity index (χ0n) is 10.7. The molecule has 0 bridgehead atoms. The summed E-state index contributed by atoms with van der Waals surface area (Å²) in [5, 5.41) is 31.3. The van der Waals surface area contributed by atoms with Crippen LogP contribution in [0.3, 0.4) is 0 Å². The molecule has 1 unspecified atom stereocenters. The molecule has 2 aliphatic rings. The molecule has 1 aliphatic carbocycles. The molecule has 2 amide bonds. The van der Waals surface area contributed by atoms with Crippen molar-refractivity contribution < 1.29 is 14.5 Å². The topological polar surface area (TPSA) is 137 Å². The number of carbonyl (C=O) groups excluding carboxylic acids is 2. The van der Waals surface area contributed by atoms with E-state index < -0.39 is 33.5 Å². The molecule has 9 heteroatoms. The van der Waals surface area contributed by atoms with Gasteiger partial charge in [-0.15, -0.1) is 0 Å². The number of nitrogens with one attached hydrogen (secondary N) is 1. The number of hydrogen-bond donors (Lipinski definition) is 1. The van der Waals surface area contributed by atoms with Crippen LogP contribution < -0.4 is 5.32 Å². The van der Waals surface area contributed by atoms with Crippen molar-refractivity contribution in [2.45, 2.75) is 5.92 Å². The Hall–Kier alpha value is -2.97. The van der Waals surface area contributed by atoms with E-state index in [1.807, 2.05) is 5.32 Å². The fourth-order valence-corrected chi connectivity index (χ4v) is 3.42. The van der Waals surface area contributed by atoms with Gasteiger partial charge in [0.15, 0.2) is 10.8 Å². The van der Waals surface area contributed by atoms with Crippen molar-refractivity contribution in [3.63, 3.8) is 0 Å². The van der Waals surface area contributed by atoms with E-state index in [9.17, 15) is 30.2 Å². The monoisotopic (exact) mass is 316 g/mol. The molecule has 2 fully saturated rings. The normalized spacial score (nSPS) is 31.7. The third kappa shape index (κ3) is 1.26. The second-order valence-corrected chi connectivity index (χ2v) is 5.43. The van der Waals surface area contributed by atoms with Crippen LogP contribution in [0.1, 0.15) is 11.5 Å². The summed E-state index contributed by atoms with van der Waals surface area (Å²) in [6.45, 7) is 0. The predicted molar refractivity (Wildman–Crippen MR) is 70.1 cm³/mol. The number of nitrogens with zero attached hydrogens (tertiary/aromatic N) is 3. The quantitative estimate of drug-likeness (QED) is 0.491. The average molecular weight is 317 g/mol. The smallest absolute Gasteiger partial charge is 0.270 e. The SMILES string of the molecule is N#C[C@@]12C(=O)NC(=O)[C@]1(C#N)C2c1ccc([N+](=O)[O-])cc1Cl. The molecule has 108 valence electrons. The van der Waals surface area contributed by atoms with Gasteiger partial charge in [-0.1, -0.05) is 17.7 Å². The Kier molecular flexibility index (Phi) is 2.56. The van der Waals surface area contributed by atoms with Crippen molar-refractivity contribution in [2.24, 2.45) is 10.8 Å². The van der Waals surface area contributed by atoms with E-state index in [0.717, 1.165) is 12.1 Å². The lowest BCUT2D eigenvalue weighted by atomic mass is 9.98. The minimum Gasteiger partial charge on any atom is -0.293 e. The zero-order valence-corrected chi connectivity index (χ0v) is 11.4. The Bertz CT molecular complexity index is 817. The van der Waals surface area contributed by atoms with E-state index in [1.54, 1.807) is 12.1 Å². The first-order chi connectivity index (χ1) is 10.4. The van der Waals surface area contributed by atoms with Gasteiger partial charge < -0.3 is 0 Å². The first-order valence-corrected chi connectivity index (χ1v) is 6.37. The molecular weight excluding hydrogens is 312 g/mol. The first kappa shape index (κ1) is 14.0. The molecule has 1 N–H and O–H groups in total. The summed E-state index contributed by atoms with van der Waals surface area (Å²) < 4.78 is 0. The van der Waals surface area contributed by atoms with Crippen LogP contribution in [0.5, 0.6) is 0 Å². The summed E-state index contributed by atoms with van der Waals surface area (Å²) in [6.07, 6.45) is 0. The summed E-state index contributed by atoms with van der Waals surface area (Å²) in [4.78, 5) is 34.0. The van der Waals surface area contributed by atoms with Crippen LogP contribution in [0.2, 0.25) is 5.02 Å². The summed E-state index contributed by atoms with van der Waals surface area (Å²) in [6, 6.07) is 6.97. The van der Waals surface area contributed by atoms with Crippen LogP contribution in [0.4, 0.5) is 5.69 Å². The fraction of sp³-hybridized carbons (Fsp3) is 0.231. The zero-order chi connectivity index (χ0) is 16.3. The van der Waals surface area contributed by atoms with E-state index in [4.69, 9.17) is 11.6 Å². The van der Waals surface area contributed by atoms with Crippen LogP contribution in [-0.2, 0) is 9.59 Å². The predicted octanol–water partition coefficient (Wildman–Crippen LogP) is 1.02. The molecule has 1 heterocycles. The number of amides is 2. The molecule has 1 saturated carbocycles. The lowest BCUT2D eigenvalue weighted by Crippen LogP contribution is -2.31. The summed E-state index contributed by atoms with van der Waals surface area (Å²) in [5.41, 5.74) is -3.75. The van der Waals surface area contributed by atoms with E-state index in [-0.39, 0.29) is 16.3 Å². The van der Waals surface area contributed by atoms with Crippen LogP contribution in [0.15, 0.2) is 18.2 Å². The van der Waals surface area contributed by atoms with Crippen molar-refractivity contribution in [1.82, 2.24) is 5.32 Å². The largest absolute Gasteiger partial charge is 0.293 e. The highest BCUT2D eigenvalue weighted by Crippen LogP contribution is 2.77. The molecule has 0 spiro atoms. The van der Waals surface area contributed by atoms with Gasteiger partial charge in [0.05, 0.1) is 22.1 Å². The highest BCUT2D eigenvalue weighted by molar-refractivity contribution is 6.32. The molecular formula is C13H5ClN4O4. The Morgan fingerprint density at radius 2 is 1.77 bits per heavy atom. The second-order valence-electron chi connectivity index (χ2n) is 5.02. The molecule has 1 saturated heterocycles. The van der Waals surface area contributed by atoms with Crippen LogP contribution in [0, 0.1) is 43.6 Å². The van der Waals surface area contributed by atoms with E-state index >= 15 is 0 Å². The Morgan fingerprint density at radius 1 is 1.23 bits per heavy atom. The van der Waals surface area contributed by atoms with Crippen molar-refractivity contribution in [2.75, 3.05) is 0 Å². The third-order valence-corrected chi connectivity index (χ3v) is 4.53. The fourth-order valence-electron chi connectivity index (χ4n) is 3.13. The van der Waals surface area contributed by atoms with Crippen molar-refractivity contribution >= 4 is 29.1 Å². The average Bonchev–Trinajstić information content (AvgIpc) is 3.04. The molecule has 22 heavy (non-hydrogen) atoms. The second kappa shape index (κ2) is 4.03. The number of nitro benzene ring substituents is 1. The van der Waals surface area contributed by atoms with Crippen LogP contribution >= 0.6 is 11.6 Å². The van der Waals surface area contributed by atoms with E-state index in [2.05, 4.69) is 0 Å². The van der Waals surface area contributed by atoms with Crippen LogP contribution in [-0.4, -0.2) is 16.7 Å². The van der Waals surface area contributed by atoms with E-state index in [1.165, 1.54) is 6.07 Å². The number of non-ortho nitro benzene ring substituents is 1. The van der Waals surface area contributed by atoms with Crippen molar-refractivity contribution in [3.8, 4) is 12.1 Å². The molecule has 1 aliphatic heterocycles. The number of fused-ring (bicyclic) bond motifs is 1. The number of hydrogen-bond acceptors (Lipinski definition) is 6. The lowest BCUT2D eigenvalue weighted by Gasteiger charge is -2.09. The Balaban J connectivity index is 2.18. The van der Waals surface area contributed by atoms with Gasteiger partial charge in [-0.25, -0.2) is 0 Å². The number of carbonyl (C=O) groups is 2. The van der Waals surface area contributed by atoms with Gasteiger partial charge in [-0.3, -0.25) is 25.0 Å². The molecule has 0 radical (unpaired) electrons. The minimum absolute atomic E-state index is 0.0709. The number of nitro groups is 1. The standard InChI is InChI=1S/C13H5ClN4O4/c14-8-3-6(18(21)22)1-2-7(8)9-12(4-15)10(19)17-11(20)13(9,12)5-16/h1-3,9H,(H,17,19,20)/t9?,12-,13+. The number of imide groups is 1. The highest BCUT2D eigenvalue weighted by atomic mass is 35.5. The molecule has 1 aromatic carbocycles. The van der Waals surface area contributed by atoms with Gasteiger partial charge >= 0.3 is 0 Å². The van der Waals surface area contributed by atoms with Gasteiger partial charge in [0.2, 0.25) is 11.8 Å². The molecule has 8 nitrogen and oxygen atoms in total. The lowest BCUT2D eigenvalue weighted by molar-refractivity contribution is -0.384. The van der Waals surface area contributed by atoms with Gasteiger partial charge in [0.25, 0.3) is 5.69 Å². The number of piperidine rings is 1. The maximum Gasteiger partial charge on any atom is 0.270 e. The van der Waals surface area contributed by atoms with Crippen molar-refractivity contribution in [1.29, 1.82) is 10.5 Å². The van der Waals surface area contributed by atoms with Crippen LogP contribution in [0.25, 0.3) is 0 Å². The third-order valence-electron chi connectivity index (χ3n) is 4.21. The van der Waals surface area contributed by atoms with E-state index in [0.29, 0.717) is 0 Å². The maximum atomic E-state index is 12.0. The summed E-state index contributed by atoms with van der Waals surface area (Å²) in [5.74, 6) is -2.73. The number of nitriles is 2. The molecule has 3 rings (SSSR count). The maximum absolute atomic E-state index is 12.0. The van der Waals surface area contributed by atoms with Gasteiger partial charge in [-0.2, -0.15) is 10.5 Å². The Labute approximate surface area is 128 Å². The van der Waals surface area contributed by atoms with Gasteiger partial charge in [0.1, 0.15) is 0 Å². The van der Waals surface area contributed by atoms with Crippen molar-refractivity contribution in [3.05, 3.63) is 38.9 Å². The summed E-state index contributed by atoms with van der Waals surface area (Å²) in [7, 11) is 0. The molecule has 0 aromatic heterocycles. The highest BCUT2D eigenvalue weighted by Gasteiger charge is 2.91. The number of benzene rings is 1. The molecule has 3 atom stereocenters. The summed E-state index contributed by atoms with van der Waals surface area (Å²) >= 11 is 5.99. The van der Waals surface area contributed by atoms with Gasteiger partial charge in [-0.05, 0) is 5.56 Å². The number of halogens is 1. The first-order valence-electron chi connectivity index (χ1n) is 5.99. The number of rotatable bonds is 2. The Morgan fingerprint density at radius 3 is 2.18 bits per heavy atom. The van der Waals surface area contributed by atoms with Gasteiger partial charge in [0, 0.05) is 18.1 Å². The minimum atomic E-state index is -1.83. The molecule has 1 aromatic rings.